The van der Waals surface area contributed by atoms with Gasteiger partial charge >= 0.3 is 0 Å². The molecule has 0 saturated carbocycles. The fraction of sp³-hybridized carbons (Fsp3) is 0.207. The standard InChI is InChI=1S/C29H26BrFN8O/c30-23-4-1-3-21(13-23)14-27-34-35-28-19-37(11-12-39(27)28)29(40)22-9-7-20(8-10-22)17-38-18-26(33-36-38)16-32-25-6-2-5-24(31)15-25/h1-10,13,15,18,32H,11-12,14,16-17,19H2. The summed E-state index contributed by atoms with van der Waals surface area (Å²) in [6.07, 6.45) is 2.54. The molecular weight excluding hydrogens is 575 g/mol. The Morgan fingerprint density at radius 3 is 2.62 bits per heavy atom. The van der Waals surface area contributed by atoms with Crippen molar-refractivity contribution in [2.75, 3.05) is 11.9 Å². The Kier molecular flexibility index (Phi) is 7.37. The van der Waals surface area contributed by atoms with Gasteiger partial charge in [-0.05, 0) is 53.6 Å². The van der Waals surface area contributed by atoms with Crippen molar-refractivity contribution in [3.05, 3.63) is 123 Å². The molecule has 1 aliphatic rings. The second kappa shape index (κ2) is 11.4. The first-order valence-electron chi connectivity index (χ1n) is 12.9. The first-order valence-corrected chi connectivity index (χ1v) is 13.7. The summed E-state index contributed by atoms with van der Waals surface area (Å²) in [5.41, 5.74) is 4.22. The summed E-state index contributed by atoms with van der Waals surface area (Å²) in [6.45, 7) is 2.65. The average Bonchev–Trinajstić information content (AvgIpc) is 3.58. The Morgan fingerprint density at radius 2 is 1.80 bits per heavy atom. The first-order chi connectivity index (χ1) is 19.5. The van der Waals surface area contributed by atoms with Crippen LogP contribution in [0.15, 0.2) is 83.5 Å². The fourth-order valence-corrected chi connectivity index (χ4v) is 5.21. The van der Waals surface area contributed by atoms with Crippen molar-refractivity contribution in [2.24, 2.45) is 0 Å². The number of nitrogens with zero attached hydrogens (tertiary/aromatic N) is 7. The van der Waals surface area contributed by atoms with Crippen LogP contribution in [0.5, 0.6) is 0 Å². The smallest absolute Gasteiger partial charge is 0.254 e. The Labute approximate surface area is 238 Å². The summed E-state index contributed by atoms with van der Waals surface area (Å²) < 4.78 is 18.2. The summed E-state index contributed by atoms with van der Waals surface area (Å²) in [5, 5.41) is 20.3. The molecule has 0 unspecified atom stereocenters. The maximum Gasteiger partial charge on any atom is 0.254 e. The summed E-state index contributed by atoms with van der Waals surface area (Å²) in [5.74, 6) is 1.39. The summed E-state index contributed by atoms with van der Waals surface area (Å²) in [7, 11) is 0. The number of hydrogen-bond donors (Lipinski definition) is 1. The van der Waals surface area contributed by atoms with E-state index in [2.05, 4.69) is 58.5 Å². The largest absolute Gasteiger partial charge is 0.379 e. The molecule has 6 rings (SSSR count). The number of halogens is 2. The minimum Gasteiger partial charge on any atom is -0.379 e. The molecule has 0 bridgehead atoms. The Bertz CT molecular complexity index is 1650. The van der Waals surface area contributed by atoms with Gasteiger partial charge in [-0.15, -0.1) is 15.3 Å². The minimum atomic E-state index is -0.291. The van der Waals surface area contributed by atoms with Crippen LogP contribution < -0.4 is 5.32 Å². The molecular formula is C29H26BrFN8O. The lowest BCUT2D eigenvalue weighted by Crippen LogP contribution is -2.38. The van der Waals surface area contributed by atoms with E-state index in [0.29, 0.717) is 50.4 Å². The van der Waals surface area contributed by atoms with Crippen molar-refractivity contribution in [3.8, 4) is 0 Å². The number of fused-ring (bicyclic) bond motifs is 1. The van der Waals surface area contributed by atoms with Crippen molar-refractivity contribution in [1.82, 2.24) is 34.7 Å². The maximum atomic E-state index is 13.4. The lowest BCUT2D eigenvalue weighted by Gasteiger charge is -2.28. The molecule has 0 radical (unpaired) electrons. The topological polar surface area (TPSA) is 93.8 Å². The number of benzene rings is 3. The van der Waals surface area contributed by atoms with E-state index in [9.17, 15) is 9.18 Å². The van der Waals surface area contributed by atoms with E-state index < -0.39 is 0 Å². The molecule has 0 aliphatic carbocycles. The molecule has 9 nitrogen and oxygen atoms in total. The molecule has 40 heavy (non-hydrogen) atoms. The number of aromatic nitrogens is 6. The average molecular weight is 601 g/mol. The highest BCUT2D eigenvalue weighted by molar-refractivity contribution is 9.10. The quantitative estimate of drug-likeness (QED) is 0.278. The van der Waals surface area contributed by atoms with Crippen molar-refractivity contribution in [3.63, 3.8) is 0 Å². The van der Waals surface area contributed by atoms with Crippen LogP contribution in [0.4, 0.5) is 10.1 Å². The summed E-state index contributed by atoms with van der Waals surface area (Å²) in [6, 6.07) is 22.0. The van der Waals surface area contributed by atoms with Crippen LogP contribution in [0.1, 0.15) is 38.8 Å². The molecule has 11 heteroatoms. The third-order valence-corrected chi connectivity index (χ3v) is 7.29. The van der Waals surface area contributed by atoms with E-state index in [1.54, 1.807) is 16.8 Å². The monoisotopic (exact) mass is 600 g/mol. The first kappa shape index (κ1) is 25.9. The van der Waals surface area contributed by atoms with Crippen molar-refractivity contribution in [1.29, 1.82) is 0 Å². The second-order valence-electron chi connectivity index (χ2n) is 9.69. The number of carbonyl (C=O) groups is 1. The third kappa shape index (κ3) is 5.94. The van der Waals surface area contributed by atoms with Crippen LogP contribution in [-0.2, 0) is 32.6 Å². The zero-order valence-corrected chi connectivity index (χ0v) is 23.1. The predicted molar refractivity (Wildman–Crippen MR) is 151 cm³/mol. The molecule has 202 valence electrons. The van der Waals surface area contributed by atoms with Crippen LogP contribution >= 0.6 is 15.9 Å². The molecule has 0 spiro atoms. The van der Waals surface area contributed by atoms with Gasteiger partial charge in [0.15, 0.2) is 5.82 Å². The van der Waals surface area contributed by atoms with Crippen LogP contribution in [0.2, 0.25) is 0 Å². The lowest BCUT2D eigenvalue weighted by molar-refractivity contribution is 0.0706. The molecule has 3 aromatic carbocycles. The number of carbonyl (C=O) groups excluding carboxylic acids is 1. The Morgan fingerprint density at radius 1 is 0.950 bits per heavy atom. The van der Waals surface area contributed by atoms with Gasteiger partial charge in [0, 0.05) is 35.2 Å². The molecule has 1 aliphatic heterocycles. The zero-order valence-electron chi connectivity index (χ0n) is 21.5. The van der Waals surface area contributed by atoms with E-state index in [1.165, 1.54) is 12.1 Å². The predicted octanol–water partition coefficient (Wildman–Crippen LogP) is 4.68. The minimum absolute atomic E-state index is 0.0270. The SMILES string of the molecule is O=C(c1ccc(Cn2cc(CNc3cccc(F)c3)nn2)cc1)N1CCn2c(Cc3cccc(Br)c3)nnc2C1. The van der Waals surface area contributed by atoms with Crippen molar-refractivity contribution >= 4 is 27.5 Å². The van der Waals surface area contributed by atoms with Crippen LogP contribution in [0, 0.1) is 5.82 Å². The van der Waals surface area contributed by atoms with Gasteiger partial charge < -0.3 is 14.8 Å². The van der Waals surface area contributed by atoms with Gasteiger partial charge in [0.25, 0.3) is 5.91 Å². The van der Waals surface area contributed by atoms with Crippen molar-refractivity contribution in [2.45, 2.75) is 32.6 Å². The fourth-order valence-electron chi connectivity index (χ4n) is 4.76. The Hall–Kier alpha value is -4.38. The van der Waals surface area contributed by atoms with E-state index in [-0.39, 0.29) is 11.7 Å². The third-order valence-electron chi connectivity index (χ3n) is 6.80. The maximum absolute atomic E-state index is 13.4. The van der Waals surface area contributed by atoms with Gasteiger partial charge in [0.1, 0.15) is 17.3 Å². The van der Waals surface area contributed by atoms with Crippen LogP contribution in [0.25, 0.3) is 0 Å². The van der Waals surface area contributed by atoms with E-state index >= 15 is 0 Å². The second-order valence-corrected chi connectivity index (χ2v) is 10.6. The highest BCUT2D eigenvalue weighted by atomic mass is 79.9. The molecule has 5 aromatic rings. The van der Waals surface area contributed by atoms with Gasteiger partial charge in [-0.3, -0.25) is 4.79 Å². The van der Waals surface area contributed by atoms with Crippen LogP contribution in [-0.4, -0.2) is 47.1 Å². The highest BCUT2D eigenvalue weighted by Gasteiger charge is 2.25. The Balaban J connectivity index is 1.04. The zero-order chi connectivity index (χ0) is 27.5. The normalized spacial score (nSPS) is 12.8. The van der Waals surface area contributed by atoms with Gasteiger partial charge in [-0.1, -0.05) is 51.5 Å². The molecule has 0 atom stereocenters. The molecule has 2 aromatic heterocycles. The molecule has 3 heterocycles. The number of amides is 1. The van der Waals surface area contributed by atoms with Gasteiger partial charge in [0.2, 0.25) is 0 Å². The van der Waals surface area contributed by atoms with E-state index in [4.69, 9.17) is 0 Å². The van der Waals surface area contributed by atoms with Crippen LogP contribution in [0.3, 0.4) is 0 Å². The number of anilines is 1. The van der Waals surface area contributed by atoms with Gasteiger partial charge in [0.05, 0.1) is 25.8 Å². The molecule has 1 N–H and O–H groups in total. The summed E-state index contributed by atoms with van der Waals surface area (Å²) >= 11 is 3.52. The van der Waals surface area contributed by atoms with E-state index in [0.717, 1.165) is 32.9 Å². The van der Waals surface area contributed by atoms with Gasteiger partial charge in [-0.25, -0.2) is 9.07 Å². The highest BCUT2D eigenvalue weighted by Crippen LogP contribution is 2.20. The summed E-state index contributed by atoms with van der Waals surface area (Å²) in [4.78, 5) is 15.0. The number of nitrogens with one attached hydrogen (secondary N) is 1. The molecule has 1 amide bonds. The van der Waals surface area contributed by atoms with E-state index in [1.807, 2.05) is 47.5 Å². The molecule has 0 saturated heterocycles. The molecule has 0 fully saturated rings. The van der Waals surface area contributed by atoms with Gasteiger partial charge in [-0.2, -0.15) is 0 Å². The number of hydrogen-bond acceptors (Lipinski definition) is 6. The lowest BCUT2D eigenvalue weighted by atomic mass is 10.1. The van der Waals surface area contributed by atoms with Crippen molar-refractivity contribution < 1.29 is 9.18 Å². The number of rotatable bonds is 8.